The number of hydrogen-bond donors (Lipinski definition) is 0. The van der Waals surface area contributed by atoms with Crippen LogP contribution in [-0.4, -0.2) is 19.2 Å². The fraction of sp³-hybridized carbons (Fsp3) is 0.133. The van der Waals surface area contributed by atoms with Crippen molar-refractivity contribution in [1.29, 1.82) is 0 Å². The van der Waals surface area contributed by atoms with E-state index in [0.29, 0.717) is 34.1 Å². The maximum Gasteiger partial charge on any atom is 0.234 e. The Kier molecular flexibility index (Phi) is 3.02. The second kappa shape index (κ2) is 4.85. The summed E-state index contributed by atoms with van der Waals surface area (Å²) >= 11 is 0. The predicted octanol–water partition coefficient (Wildman–Crippen LogP) is 3.65. The lowest BCUT2D eigenvalue weighted by atomic mass is 10.1. The number of hydrogen-bond acceptors (Lipinski definition) is 4. The standard InChI is InChI=1S/C15H12FNO3/c1-18-12-4-3-5-13(19-2)14(12)15-17-10-8-9(16)6-7-11(10)20-15/h3-8H,1-2H3. The molecule has 0 spiro atoms. The monoisotopic (exact) mass is 273 g/mol. The number of rotatable bonds is 3. The summed E-state index contributed by atoms with van der Waals surface area (Å²) in [4.78, 5) is 4.29. The molecule has 0 N–H and O–H groups in total. The second-order valence-electron chi connectivity index (χ2n) is 4.17. The molecule has 0 aliphatic heterocycles. The molecule has 102 valence electrons. The van der Waals surface area contributed by atoms with E-state index in [1.165, 1.54) is 12.1 Å². The van der Waals surface area contributed by atoms with Crippen molar-refractivity contribution >= 4 is 11.1 Å². The van der Waals surface area contributed by atoms with E-state index in [1.807, 2.05) is 6.07 Å². The molecule has 0 saturated carbocycles. The Hall–Kier alpha value is -2.56. The summed E-state index contributed by atoms with van der Waals surface area (Å²) in [6, 6.07) is 9.58. The van der Waals surface area contributed by atoms with E-state index in [1.54, 1.807) is 32.4 Å². The maximum atomic E-state index is 13.2. The Morgan fingerprint density at radius 3 is 2.40 bits per heavy atom. The molecule has 4 nitrogen and oxygen atoms in total. The summed E-state index contributed by atoms with van der Waals surface area (Å²) in [5.41, 5.74) is 1.57. The van der Waals surface area contributed by atoms with Crippen molar-refractivity contribution in [3.8, 4) is 23.0 Å². The Morgan fingerprint density at radius 1 is 1.05 bits per heavy atom. The van der Waals surface area contributed by atoms with Crippen molar-refractivity contribution in [3.05, 3.63) is 42.2 Å². The molecule has 0 radical (unpaired) electrons. The summed E-state index contributed by atoms with van der Waals surface area (Å²) < 4.78 is 29.5. The van der Waals surface area contributed by atoms with Gasteiger partial charge in [-0.25, -0.2) is 9.37 Å². The van der Waals surface area contributed by atoms with Gasteiger partial charge >= 0.3 is 0 Å². The summed E-state index contributed by atoms with van der Waals surface area (Å²) in [6.45, 7) is 0. The Labute approximate surface area is 114 Å². The molecular formula is C15H12FNO3. The first kappa shape index (κ1) is 12.5. The normalized spacial score (nSPS) is 10.8. The van der Waals surface area contributed by atoms with Gasteiger partial charge in [0.15, 0.2) is 5.58 Å². The van der Waals surface area contributed by atoms with E-state index in [2.05, 4.69) is 4.98 Å². The van der Waals surface area contributed by atoms with Crippen LogP contribution in [0, 0.1) is 5.82 Å². The van der Waals surface area contributed by atoms with Crippen LogP contribution >= 0.6 is 0 Å². The van der Waals surface area contributed by atoms with Crippen molar-refractivity contribution in [1.82, 2.24) is 4.98 Å². The smallest absolute Gasteiger partial charge is 0.234 e. The van der Waals surface area contributed by atoms with Crippen LogP contribution in [0.5, 0.6) is 11.5 Å². The van der Waals surface area contributed by atoms with Gasteiger partial charge in [-0.1, -0.05) is 6.07 Å². The van der Waals surface area contributed by atoms with Gasteiger partial charge in [-0.05, 0) is 24.3 Å². The average molecular weight is 273 g/mol. The Balaban J connectivity index is 2.24. The lowest BCUT2D eigenvalue weighted by Gasteiger charge is -2.09. The number of ether oxygens (including phenoxy) is 2. The number of nitrogens with zero attached hydrogens (tertiary/aromatic N) is 1. The number of benzene rings is 2. The largest absolute Gasteiger partial charge is 0.496 e. The van der Waals surface area contributed by atoms with Crippen LogP contribution in [0.25, 0.3) is 22.6 Å². The Morgan fingerprint density at radius 2 is 1.75 bits per heavy atom. The van der Waals surface area contributed by atoms with E-state index >= 15 is 0 Å². The zero-order valence-electron chi connectivity index (χ0n) is 11.0. The molecule has 5 heteroatoms. The van der Waals surface area contributed by atoms with E-state index in [0.717, 1.165) is 0 Å². The molecule has 3 rings (SSSR count). The lowest BCUT2D eigenvalue weighted by Crippen LogP contribution is -1.92. The maximum absolute atomic E-state index is 13.2. The van der Waals surface area contributed by atoms with Crippen LogP contribution in [0.4, 0.5) is 4.39 Å². The van der Waals surface area contributed by atoms with E-state index in [-0.39, 0.29) is 5.82 Å². The minimum Gasteiger partial charge on any atom is -0.496 e. The van der Waals surface area contributed by atoms with Gasteiger partial charge in [0.2, 0.25) is 5.89 Å². The summed E-state index contributed by atoms with van der Waals surface area (Å²) in [5.74, 6) is 1.14. The molecule has 1 aromatic heterocycles. The fourth-order valence-corrected chi connectivity index (χ4v) is 2.07. The number of methoxy groups -OCH3 is 2. The Bertz CT molecular complexity index is 745. The lowest BCUT2D eigenvalue weighted by molar-refractivity contribution is 0.394. The summed E-state index contributed by atoms with van der Waals surface area (Å²) in [6.07, 6.45) is 0. The highest BCUT2D eigenvalue weighted by Crippen LogP contribution is 2.38. The van der Waals surface area contributed by atoms with E-state index in [9.17, 15) is 4.39 Å². The second-order valence-corrected chi connectivity index (χ2v) is 4.17. The van der Waals surface area contributed by atoms with Gasteiger partial charge in [-0.3, -0.25) is 0 Å². The van der Waals surface area contributed by atoms with E-state index < -0.39 is 0 Å². The average Bonchev–Trinajstić information content (AvgIpc) is 2.88. The molecule has 0 unspecified atom stereocenters. The highest BCUT2D eigenvalue weighted by molar-refractivity contribution is 5.79. The van der Waals surface area contributed by atoms with Gasteiger partial charge in [0.05, 0.1) is 14.2 Å². The van der Waals surface area contributed by atoms with Crippen LogP contribution in [0.2, 0.25) is 0 Å². The van der Waals surface area contributed by atoms with Crippen LogP contribution in [0.3, 0.4) is 0 Å². The van der Waals surface area contributed by atoms with Crippen molar-refractivity contribution in [2.45, 2.75) is 0 Å². The van der Waals surface area contributed by atoms with Crippen molar-refractivity contribution in [3.63, 3.8) is 0 Å². The van der Waals surface area contributed by atoms with Crippen LogP contribution < -0.4 is 9.47 Å². The van der Waals surface area contributed by atoms with Gasteiger partial charge in [-0.2, -0.15) is 0 Å². The summed E-state index contributed by atoms with van der Waals surface area (Å²) in [5, 5.41) is 0. The molecule has 1 heterocycles. The minimum absolute atomic E-state index is 0.333. The van der Waals surface area contributed by atoms with Crippen molar-refractivity contribution in [2.24, 2.45) is 0 Å². The van der Waals surface area contributed by atoms with Crippen molar-refractivity contribution < 1.29 is 18.3 Å². The minimum atomic E-state index is -0.357. The number of aromatic nitrogens is 1. The quantitative estimate of drug-likeness (QED) is 0.730. The zero-order chi connectivity index (χ0) is 14.1. The van der Waals surface area contributed by atoms with Gasteiger partial charge in [0.1, 0.15) is 28.4 Å². The molecule has 0 bridgehead atoms. The number of oxazole rings is 1. The summed E-state index contributed by atoms with van der Waals surface area (Å²) in [7, 11) is 3.11. The van der Waals surface area contributed by atoms with Gasteiger partial charge in [0.25, 0.3) is 0 Å². The first-order chi connectivity index (χ1) is 9.72. The molecule has 0 amide bonds. The number of fused-ring (bicyclic) bond motifs is 1. The zero-order valence-corrected chi connectivity index (χ0v) is 11.0. The van der Waals surface area contributed by atoms with Crippen LogP contribution in [-0.2, 0) is 0 Å². The van der Waals surface area contributed by atoms with Crippen LogP contribution in [0.1, 0.15) is 0 Å². The molecular weight excluding hydrogens is 261 g/mol. The predicted molar refractivity (Wildman–Crippen MR) is 72.5 cm³/mol. The molecule has 0 aliphatic rings. The highest BCUT2D eigenvalue weighted by Gasteiger charge is 2.18. The third kappa shape index (κ3) is 1.97. The molecule has 3 aromatic rings. The molecule has 2 aromatic carbocycles. The third-order valence-corrected chi connectivity index (χ3v) is 2.99. The molecule has 0 fully saturated rings. The molecule has 0 atom stereocenters. The highest BCUT2D eigenvalue weighted by atomic mass is 19.1. The first-order valence-electron chi connectivity index (χ1n) is 6.00. The molecule has 0 saturated heterocycles. The number of halogens is 1. The third-order valence-electron chi connectivity index (χ3n) is 2.99. The van der Waals surface area contributed by atoms with Gasteiger partial charge < -0.3 is 13.9 Å². The first-order valence-corrected chi connectivity index (χ1v) is 6.00. The molecule has 20 heavy (non-hydrogen) atoms. The van der Waals surface area contributed by atoms with Gasteiger partial charge in [-0.15, -0.1) is 0 Å². The van der Waals surface area contributed by atoms with E-state index in [4.69, 9.17) is 13.9 Å². The molecule has 0 aliphatic carbocycles. The van der Waals surface area contributed by atoms with Crippen LogP contribution in [0.15, 0.2) is 40.8 Å². The van der Waals surface area contributed by atoms with Crippen molar-refractivity contribution in [2.75, 3.05) is 14.2 Å². The van der Waals surface area contributed by atoms with Gasteiger partial charge in [0, 0.05) is 6.07 Å². The SMILES string of the molecule is COc1cccc(OC)c1-c1nc2cc(F)ccc2o1. The fourth-order valence-electron chi connectivity index (χ4n) is 2.07. The topological polar surface area (TPSA) is 44.5 Å².